The molecule has 78 valence electrons. The van der Waals surface area contributed by atoms with E-state index in [9.17, 15) is 4.79 Å². The SMILES string of the molecule is CC(C)(N)CNC(=O)Cn1cccn1. The summed E-state index contributed by atoms with van der Waals surface area (Å²) in [5.74, 6) is -0.0766. The average molecular weight is 196 g/mol. The molecule has 0 aliphatic carbocycles. The largest absolute Gasteiger partial charge is 0.353 e. The molecule has 0 aliphatic rings. The summed E-state index contributed by atoms with van der Waals surface area (Å²) >= 11 is 0. The molecule has 0 bridgehead atoms. The Morgan fingerprint density at radius 2 is 2.36 bits per heavy atom. The molecule has 0 radical (unpaired) electrons. The van der Waals surface area contributed by atoms with Crippen molar-refractivity contribution in [3.63, 3.8) is 0 Å². The van der Waals surface area contributed by atoms with Crippen molar-refractivity contribution < 1.29 is 4.79 Å². The first-order chi connectivity index (χ1) is 6.47. The lowest BCUT2D eigenvalue weighted by Crippen LogP contribution is -2.45. The number of nitrogens with zero attached hydrogens (tertiary/aromatic N) is 2. The van der Waals surface area contributed by atoms with Crippen LogP contribution in [0.3, 0.4) is 0 Å². The van der Waals surface area contributed by atoms with Crippen LogP contribution in [0.15, 0.2) is 18.5 Å². The lowest BCUT2D eigenvalue weighted by molar-refractivity contribution is -0.122. The molecule has 0 aromatic carbocycles. The van der Waals surface area contributed by atoms with Crippen molar-refractivity contribution in [3.8, 4) is 0 Å². The summed E-state index contributed by atoms with van der Waals surface area (Å²) in [5, 5.41) is 6.66. The Hall–Kier alpha value is -1.36. The quantitative estimate of drug-likeness (QED) is 0.696. The number of rotatable bonds is 4. The highest BCUT2D eigenvalue weighted by Crippen LogP contribution is 1.92. The van der Waals surface area contributed by atoms with Crippen molar-refractivity contribution in [1.82, 2.24) is 15.1 Å². The Labute approximate surface area is 83.3 Å². The highest BCUT2D eigenvalue weighted by molar-refractivity contribution is 5.75. The molecule has 1 aromatic rings. The number of hydrogen-bond donors (Lipinski definition) is 2. The van der Waals surface area contributed by atoms with Crippen LogP contribution < -0.4 is 11.1 Å². The van der Waals surface area contributed by atoms with Gasteiger partial charge in [-0.05, 0) is 19.9 Å². The second-order valence-electron chi connectivity index (χ2n) is 3.97. The normalized spacial score (nSPS) is 11.4. The van der Waals surface area contributed by atoms with E-state index in [2.05, 4.69) is 10.4 Å². The molecule has 1 amide bonds. The number of aromatic nitrogens is 2. The number of nitrogens with two attached hydrogens (primary N) is 1. The van der Waals surface area contributed by atoms with E-state index in [-0.39, 0.29) is 18.0 Å². The van der Waals surface area contributed by atoms with Crippen LogP contribution in [0.25, 0.3) is 0 Å². The summed E-state index contributed by atoms with van der Waals surface area (Å²) in [6.07, 6.45) is 3.38. The zero-order chi connectivity index (χ0) is 10.6. The van der Waals surface area contributed by atoms with Crippen molar-refractivity contribution in [1.29, 1.82) is 0 Å². The fourth-order valence-electron chi connectivity index (χ4n) is 0.923. The molecule has 0 aliphatic heterocycles. The average Bonchev–Trinajstić information content (AvgIpc) is 2.52. The van der Waals surface area contributed by atoms with Gasteiger partial charge in [0.2, 0.25) is 5.91 Å². The van der Waals surface area contributed by atoms with Crippen molar-refractivity contribution in [2.24, 2.45) is 5.73 Å². The zero-order valence-corrected chi connectivity index (χ0v) is 8.53. The van der Waals surface area contributed by atoms with E-state index in [1.54, 1.807) is 23.1 Å². The van der Waals surface area contributed by atoms with Gasteiger partial charge in [-0.3, -0.25) is 9.48 Å². The number of carbonyl (C=O) groups is 1. The molecule has 0 unspecified atom stereocenters. The van der Waals surface area contributed by atoms with Gasteiger partial charge in [0.1, 0.15) is 6.54 Å². The van der Waals surface area contributed by atoms with Crippen LogP contribution in [0, 0.1) is 0 Å². The Morgan fingerprint density at radius 1 is 1.64 bits per heavy atom. The summed E-state index contributed by atoms with van der Waals surface area (Å²) < 4.78 is 1.57. The molecule has 0 atom stereocenters. The molecule has 0 spiro atoms. The molecule has 1 heterocycles. The Morgan fingerprint density at radius 3 is 2.86 bits per heavy atom. The summed E-state index contributed by atoms with van der Waals surface area (Å²) in [4.78, 5) is 11.3. The van der Waals surface area contributed by atoms with Gasteiger partial charge in [0, 0.05) is 24.5 Å². The van der Waals surface area contributed by atoms with Crippen molar-refractivity contribution >= 4 is 5.91 Å². The molecule has 1 rings (SSSR count). The molecule has 1 aromatic heterocycles. The number of carbonyl (C=O) groups excluding carboxylic acids is 1. The Kier molecular flexibility index (Phi) is 3.24. The van der Waals surface area contributed by atoms with Crippen LogP contribution in [0.5, 0.6) is 0 Å². The minimum atomic E-state index is -0.375. The first-order valence-electron chi connectivity index (χ1n) is 4.50. The van der Waals surface area contributed by atoms with Crippen LogP contribution in [0.4, 0.5) is 0 Å². The summed E-state index contributed by atoms with van der Waals surface area (Å²) in [6, 6.07) is 1.78. The molecule has 3 N–H and O–H groups in total. The van der Waals surface area contributed by atoms with Crippen LogP contribution in [-0.2, 0) is 11.3 Å². The van der Waals surface area contributed by atoms with E-state index in [0.29, 0.717) is 6.54 Å². The standard InChI is InChI=1S/C9H16N4O/c1-9(2,10)7-11-8(14)6-13-5-3-4-12-13/h3-5H,6-7,10H2,1-2H3,(H,11,14). The molecular formula is C9H16N4O. The second kappa shape index (κ2) is 4.23. The second-order valence-corrected chi connectivity index (χ2v) is 3.97. The van der Waals surface area contributed by atoms with Gasteiger partial charge >= 0.3 is 0 Å². The third-order valence-corrected chi connectivity index (χ3v) is 1.61. The van der Waals surface area contributed by atoms with Gasteiger partial charge in [-0.1, -0.05) is 0 Å². The van der Waals surface area contributed by atoms with Gasteiger partial charge < -0.3 is 11.1 Å². The Balaban J connectivity index is 2.30. The first kappa shape index (κ1) is 10.7. The third-order valence-electron chi connectivity index (χ3n) is 1.61. The molecule has 5 nitrogen and oxygen atoms in total. The van der Waals surface area contributed by atoms with Gasteiger partial charge in [0.25, 0.3) is 0 Å². The molecule has 14 heavy (non-hydrogen) atoms. The maximum atomic E-state index is 11.3. The van der Waals surface area contributed by atoms with Gasteiger partial charge in [-0.2, -0.15) is 5.10 Å². The van der Waals surface area contributed by atoms with Crippen molar-refractivity contribution in [3.05, 3.63) is 18.5 Å². The molecular weight excluding hydrogens is 180 g/mol. The fraction of sp³-hybridized carbons (Fsp3) is 0.556. The van der Waals surface area contributed by atoms with Gasteiger partial charge in [0.15, 0.2) is 0 Å². The smallest absolute Gasteiger partial charge is 0.241 e. The number of nitrogens with one attached hydrogen (secondary N) is 1. The van der Waals surface area contributed by atoms with Crippen molar-refractivity contribution in [2.75, 3.05) is 6.54 Å². The number of hydrogen-bond acceptors (Lipinski definition) is 3. The zero-order valence-electron chi connectivity index (χ0n) is 8.53. The highest BCUT2D eigenvalue weighted by Gasteiger charge is 2.12. The predicted octanol–water partition coefficient (Wildman–Crippen LogP) is -0.263. The van der Waals surface area contributed by atoms with E-state index >= 15 is 0 Å². The van der Waals surface area contributed by atoms with Gasteiger partial charge in [-0.15, -0.1) is 0 Å². The molecule has 5 heteroatoms. The summed E-state index contributed by atoms with van der Waals surface area (Å²) in [6.45, 7) is 4.43. The van der Waals surface area contributed by atoms with E-state index in [1.807, 2.05) is 13.8 Å². The third kappa shape index (κ3) is 4.04. The number of amides is 1. The van der Waals surface area contributed by atoms with Crippen LogP contribution in [-0.4, -0.2) is 27.8 Å². The van der Waals surface area contributed by atoms with Crippen LogP contribution in [0.1, 0.15) is 13.8 Å². The predicted molar refractivity (Wildman–Crippen MR) is 53.5 cm³/mol. The maximum Gasteiger partial charge on any atom is 0.241 e. The van der Waals surface area contributed by atoms with E-state index in [4.69, 9.17) is 5.73 Å². The van der Waals surface area contributed by atoms with Gasteiger partial charge in [-0.25, -0.2) is 0 Å². The molecule has 0 saturated heterocycles. The first-order valence-corrected chi connectivity index (χ1v) is 4.50. The van der Waals surface area contributed by atoms with E-state index in [1.165, 1.54) is 0 Å². The van der Waals surface area contributed by atoms with Crippen LogP contribution in [0.2, 0.25) is 0 Å². The Bertz CT molecular complexity index is 286. The van der Waals surface area contributed by atoms with Gasteiger partial charge in [0.05, 0.1) is 0 Å². The minimum absolute atomic E-state index is 0.0766. The maximum absolute atomic E-state index is 11.3. The van der Waals surface area contributed by atoms with E-state index in [0.717, 1.165) is 0 Å². The summed E-state index contributed by atoms with van der Waals surface area (Å²) in [7, 11) is 0. The fourth-order valence-corrected chi connectivity index (χ4v) is 0.923. The van der Waals surface area contributed by atoms with E-state index < -0.39 is 0 Å². The highest BCUT2D eigenvalue weighted by atomic mass is 16.2. The topological polar surface area (TPSA) is 72.9 Å². The minimum Gasteiger partial charge on any atom is -0.353 e. The molecule has 0 fully saturated rings. The molecule has 0 saturated carbocycles. The lowest BCUT2D eigenvalue weighted by Gasteiger charge is -2.18. The summed E-state index contributed by atoms with van der Waals surface area (Å²) in [5.41, 5.74) is 5.34. The monoisotopic (exact) mass is 196 g/mol. The van der Waals surface area contributed by atoms with Crippen molar-refractivity contribution in [2.45, 2.75) is 25.9 Å². The van der Waals surface area contributed by atoms with Crippen LogP contribution >= 0.6 is 0 Å². The lowest BCUT2D eigenvalue weighted by atomic mass is 10.1.